The maximum Gasteiger partial charge on any atom is 0.472 e. The molecule has 0 amide bonds. The Morgan fingerprint density at radius 2 is 0.929 bits per heavy atom. The van der Waals surface area contributed by atoms with E-state index >= 15 is 0 Å². The predicted molar refractivity (Wildman–Crippen MR) is 326 cm³/mol. The minimum absolute atomic E-state index is 0.0158. The number of aliphatic hydroxyl groups is 2. The minimum Gasteiger partial charge on any atom is -0.394 e. The fourth-order valence-corrected chi connectivity index (χ4v) is 15.4. The van der Waals surface area contributed by atoms with Crippen molar-refractivity contribution < 1.29 is 108 Å². The van der Waals surface area contributed by atoms with Crippen LogP contribution in [-0.4, -0.2) is 192 Å². The number of hydrogen-bond acceptors (Lipinski definition) is 34. The van der Waals surface area contributed by atoms with Crippen LogP contribution in [0.1, 0.15) is 74.4 Å². The van der Waals surface area contributed by atoms with Crippen molar-refractivity contribution in [3.8, 4) is 0 Å². The zero-order valence-electron chi connectivity index (χ0n) is 51.3. The molecule has 12 rings (SSSR count). The Morgan fingerprint density at radius 3 is 1.40 bits per heavy atom. The van der Waals surface area contributed by atoms with Gasteiger partial charge in [-0.05, 0) is 19.9 Å². The lowest BCUT2D eigenvalue weighted by Crippen LogP contribution is -2.33. The second-order valence-corrected chi connectivity index (χ2v) is 28.7. The summed E-state index contributed by atoms with van der Waals surface area (Å²) in [6.45, 7) is -1.95. The number of aromatic amines is 3. The molecule has 0 spiro atoms. The van der Waals surface area contributed by atoms with Gasteiger partial charge in [0.1, 0.15) is 104 Å². The second-order valence-electron chi connectivity index (χ2n) is 23.1. The van der Waals surface area contributed by atoms with Crippen LogP contribution in [0.5, 0.6) is 0 Å². The Hall–Kier alpha value is -7.30. The highest BCUT2D eigenvalue weighted by Crippen LogP contribution is 2.55. The number of fused-ring (bicyclic) bond motifs is 2. The molecule has 4 unspecified atom stereocenters. The second kappa shape index (κ2) is 28.3. The Kier molecular flexibility index (Phi) is 20.4. The summed E-state index contributed by atoms with van der Waals surface area (Å²) in [6, 6.07) is 1.30. The number of anilines is 3. The van der Waals surface area contributed by atoms with E-state index in [9.17, 15) is 76.8 Å². The molecule has 538 valence electrons. The first-order chi connectivity index (χ1) is 46.8. The summed E-state index contributed by atoms with van der Waals surface area (Å²) >= 11 is 0. The van der Waals surface area contributed by atoms with Gasteiger partial charge >= 0.3 is 48.4 Å². The van der Waals surface area contributed by atoms with Crippen molar-refractivity contribution in [3.63, 3.8) is 0 Å². The summed E-state index contributed by atoms with van der Waals surface area (Å²) in [5.41, 5.74) is 12.2. The average molecular weight is 1480 g/mol. The number of nitrogens with one attached hydrogen (secondary N) is 3. The predicted octanol–water partition coefficient (Wildman–Crippen LogP) is -2.52. The van der Waals surface area contributed by atoms with E-state index in [2.05, 4.69) is 44.9 Å². The van der Waals surface area contributed by atoms with Gasteiger partial charge in [-0.15, -0.1) is 0 Å². The molecule has 5 fully saturated rings. The molecule has 12 heterocycles. The fraction of sp³-hybridized carbons (Fsp3) is 0.551. The van der Waals surface area contributed by atoms with E-state index in [0.29, 0.717) is 0 Å². The van der Waals surface area contributed by atoms with E-state index in [0.717, 1.165) is 37.0 Å². The molecule has 0 aromatic carbocycles. The molecule has 0 radical (unpaired) electrons. The molecule has 5 aliphatic heterocycles. The van der Waals surface area contributed by atoms with E-state index in [1.165, 1.54) is 43.3 Å². The number of nitrogen functional groups attached to an aromatic ring is 3. The number of phosphoric ester groups is 4. The molecule has 0 saturated carbocycles. The highest BCUT2D eigenvalue weighted by Gasteiger charge is 2.50. The maximum absolute atomic E-state index is 14.2. The van der Waals surface area contributed by atoms with Gasteiger partial charge in [-0.2, -0.15) is 9.97 Å². The number of ether oxygens (including phenoxy) is 5. The van der Waals surface area contributed by atoms with Crippen molar-refractivity contribution in [3.05, 3.63) is 117 Å². The summed E-state index contributed by atoms with van der Waals surface area (Å²) in [6.07, 6.45) is -16.6. The number of aromatic nitrogens is 14. The van der Waals surface area contributed by atoms with Crippen molar-refractivity contribution >= 4 is 71.2 Å². The first-order valence-corrected chi connectivity index (χ1v) is 35.6. The molecule has 0 bridgehead atoms. The van der Waals surface area contributed by atoms with Crippen LogP contribution in [0.4, 0.5) is 17.6 Å². The Balaban J connectivity index is 0.744. The fourth-order valence-electron chi connectivity index (χ4n) is 11.5. The average Bonchev–Trinajstić information content (AvgIpc) is 1.65. The molecular formula is C49H63N17O29P4. The SMILES string of the molecule is Cc1cn([C@H]2C[C@H](OP(=O)(O)OC[C@H]3O[C@@H](n4cnc5c(=O)[nH]c(N)nc54)C[C@@H]3OP(=O)(O)OC[C@H]3O[C@@H](n4cc(C)c(=O)[nH]c4=O)C[C@@H]3OP(=O)(O)OC[C@H]3O[C@@H](n4ccc(N)nc4=O)C[C@@H]3O)[C@@H](COP(=O)(O)O[C@H]3C[C@H](n4cnc5c(N)ncnc54)O[C@@H]3CO)O2)c(=O)[nH]c1=O. The molecule has 0 aliphatic carbocycles. The van der Waals surface area contributed by atoms with Crippen LogP contribution in [0, 0.1) is 13.8 Å². The van der Waals surface area contributed by atoms with E-state index in [1.807, 2.05) is 0 Å². The Labute approximate surface area is 550 Å². The Morgan fingerprint density at radius 1 is 0.515 bits per heavy atom. The summed E-state index contributed by atoms with van der Waals surface area (Å²) in [4.78, 5) is 152. The monoisotopic (exact) mass is 1480 g/mol. The highest BCUT2D eigenvalue weighted by molar-refractivity contribution is 7.48. The lowest BCUT2D eigenvalue weighted by Gasteiger charge is -2.25. The topological polar surface area (TPSA) is 639 Å². The molecule has 99 heavy (non-hydrogen) atoms. The molecule has 46 nitrogen and oxygen atoms in total. The van der Waals surface area contributed by atoms with Crippen LogP contribution >= 0.6 is 31.3 Å². The van der Waals surface area contributed by atoms with Gasteiger partial charge in [-0.3, -0.25) is 88.4 Å². The molecule has 15 N–H and O–H groups in total. The third-order valence-corrected chi connectivity index (χ3v) is 20.4. The number of rotatable bonds is 26. The number of nitrogens with two attached hydrogens (primary N) is 3. The summed E-state index contributed by atoms with van der Waals surface area (Å²) in [5.74, 6) is -0.408. The lowest BCUT2D eigenvalue weighted by molar-refractivity contribution is -0.0644. The summed E-state index contributed by atoms with van der Waals surface area (Å²) in [5, 5.41) is 21.0. The van der Waals surface area contributed by atoms with Gasteiger partial charge in [0.05, 0.1) is 51.8 Å². The van der Waals surface area contributed by atoms with Gasteiger partial charge in [0, 0.05) is 61.8 Å². The Bertz CT molecular complexity index is 4780. The van der Waals surface area contributed by atoms with Crippen LogP contribution in [-0.2, 0) is 78.1 Å². The zero-order valence-corrected chi connectivity index (χ0v) is 54.9. The number of hydrogen-bond donors (Lipinski definition) is 12. The van der Waals surface area contributed by atoms with Crippen LogP contribution in [0.3, 0.4) is 0 Å². The van der Waals surface area contributed by atoms with Gasteiger partial charge < -0.3 is 70.7 Å². The lowest BCUT2D eigenvalue weighted by atomic mass is 10.2. The van der Waals surface area contributed by atoms with Crippen LogP contribution in [0.2, 0.25) is 0 Å². The maximum atomic E-state index is 14.2. The van der Waals surface area contributed by atoms with E-state index < -0.39 is 210 Å². The summed E-state index contributed by atoms with van der Waals surface area (Å²) in [7, 11) is -21.6. The zero-order chi connectivity index (χ0) is 70.8. The van der Waals surface area contributed by atoms with Gasteiger partial charge in [0.2, 0.25) is 5.95 Å². The third kappa shape index (κ3) is 15.9. The first-order valence-electron chi connectivity index (χ1n) is 29.6. The van der Waals surface area contributed by atoms with E-state index in [1.54, 1.807) is 0 Å². The standard InChI is InChI=1S/C49H63N17O29P4/c1-20-10-63(48(73)60-43(20)69)34-7-24(93-96(75,76)83-13-28-22(68)5-33(88-28)62-4-3-32(50)57-47(62)72)30(90-34)15-85-99(81,82)95-26-9-37(66-19-56-39-42(66)58-46(52)59-45(39)71)91-31(26)16-86-98(79,80)94-25-8-35(64-11-21(2)44(70)61-49(64)74)89-29(25)14-84-97(77,78)92-23-6-36(87-27(23)12-67)65-18-55-38-40(51)53-17-54-41(38)65/h3-4,10-11,17-19,22-31,33-37,67-68H,5-9,12-16H2,1-2H3,(H,75,76)(H,77,78)(H,79,80)(H,81,82)(H2,50,57,72)(H2,51,53,54)(H,60,69,73)(H,61,70,74)(H3,52,58,59,71)/t22-,23-,24-,25-,26-,27+,28+,29+,30+,31+,33+,34+,35+,36+,37+/m0/s1. The summed E-state index contributed by atoms with van der Waals surface area (Å²) < 4.78 is 135. The van der Waals surface area contributed by atoms with Crippen molar-refractivity contribution in [1.82, 2.24) is 67.7 Å². The van der Waals surface area contributed by atoms with E-state index in [4.69, 9.17) is 77.1 Å². The molecule has 7 aromatic rings. The highest BCUT2D eigenvalue weighted by atomic mass is 31.2. The van der Waals surface area contributed by atoms with Crippen LogP contribution < -0.4 is 50.9 Å². The molecule has 50 heteroatoms. The van der Waals surface area contributed by atoms with Crippen LogP contribution in [0.25, 0.3) is 22.3 Å². The molecule has 19 atom stereocenters. The first kappa shape index (κ1) is 71.5. The number of phosphoric acid groups is 4. The minimum atomic E-state index is -5.54. The number of nitrogens with zero attached hydrogens (tertiary/aromatic N) is 11. The number of H-pyrrole nitrogens is 3. The number of aliphatic hydroxyl groups excluding tert-OH is 2. The van der Waals surface area contributed by atoms with Crippen molar-refractivity contribution in [2.45, 2.75) is 138 Å². The van der Waals surface area contributed by atoms with Crippen molar-refractivity contribution in [2.75, 3.05) is 50.2 Å². The molecule has 7 aromatic heterocycles. The van der Waals surface area contributed by atoms with Crippen LogP contribution in [0.15, 0.2) is 72.4 Å². The molecular weight excluding hydrogens is 1410 g/mol. The normalized spacial score (nSPS) is 29.7. The van der Waals surface area contributed by atoms with Crippen molar-refractivity contribution in [1.29, 1.82) is 0 Å². The van der Waals surface area contributed by atoms with E-state index in [-0.39, 0.29) is 63.9 Å². The number of imidazole rings is 2. The molecule has 5 aliphatic rings. The molecule has 5 saturated heterocycles. The van der Waals surface area contributed by atoms with Crippen molar-refractivity contribution in [2.24, 2.45) is 0 Å². The third-order valence-electron chi connectivity index (χ3n) is 16.3. The van der Waals surface area contributed by atoms with Gasteiger partial charge in [-0.1, -0.05) is 0 Å². The largest absolute Gasteiger partial charge is 0.472 e. The quantitative estimate of drug-likeness (QED) is 0.0249. The van der Waals surface area contributed by atoms with Gasteiger partial charge in [-0.25, -0.2) is 52.6 Å². The smallest absolute Gasteiger partial charge is 0.394 e. The van der Waals surface area contributed by atoms with Gasteiger partial charge in [0.25, 0.3) is 16.7 Å². The number of aryl methyl sites for hydroxylation is 2. The van der Waals surface area contributed by atoms with Gasteiger partial charge in [0.15, 0.2) is 22.6 Å².